The van der Waals surface area contributed by atoms with Crippen LogP contribution < -0.4 is 15.4 Å². The number of anilines is 1. The van der Waals surface area contributed by atoms with Gasteiger partial charge in [-0.1, -0.05) is 39.1 Å². The Morgan fingerprint density at radius 3 is 2.58 bits per heavy atom. The van der Waals surface area contributed by atoms with Crippen LogP contribution in [0.3, 0.4) is 0 Å². The summed E-state index contributed by atoms with van der Waals surface area (Å²) in [4.78, 5) is 11.9. The molecule has 2 aromatic rings. The first-order valence-electron chi connectivity index (χ1n) is 6.49. The van der Waals surface area contributed by atoms with Gasteiger partial charge in [-0.05, 0) is 64.5 Å². The highest BCUT2D eigenvalue weighted by molar-refractivity contribution is 9.11. The third-order valence-corrected chi connectivity index (χ3v) is 4.55. The molecule has 0 radical (unpaired) electrons. The Morgan fingerprint density at radius 2 is 1.92 bits per heavy atom. The van der Waals surface area contributed by atoms with Crippen molar-refractivity contribution in [2.24, 2.45) is 0 Å². The van der Waals surface area contributed by atoms with Gasteiger partial charge in [0.05, 0.1) is 15.2 Å². The van der Waals surface area contributed by atoms with Gasteiger partial charge in [0.25, 0.3) is 5.91 Å². The van der Waals surface area contributed by atoms with Crippen LogP contribution in [0.2, 0.25) is 10.0 Å². The van der Waals surface area contributed by atoms with Gasteiger partial charge in [0.2, 0.25) is 0 Å². The highest BCUT2D eigenvalue weighted by Gasteiger charge is 2.09. The van der Waals surface area contributed by atoms with Crippen molar-refractivity contribution in [1.82, 2.24) is 5.32 Å². The fourth-order valence-corrected chi connectivity index (χ4v) is 3.48. The minimum atomic E-state index is -0.396. The summed E-state index contributed by atoms with van der Waals surface area (Å²) in [6.45, 7) is -0.184. The lowest BCUT2D eigenvalue weighted by molar-refractivity contribution is -0.121. The molecule has 2 aromatic carbocycles. The van der Waals surface area contributed by atoms with E-state index in [-0.39, 0.29) is 11.7 Å². The Morgan fingerprint density at radius 1 is 1.17 bits per heavy atom. The Balaban J connectivity index is 1.86. The predicted octanol–water partition coefficient (Wildman–Crippen LogP) is 5.41. The molecule has 0 saturated heterocycles. The lowest BCUT2D eigenvalue weighted by Gasteiger charge is -2.12. The number of hydrogen-bond acceptors (Lipinski definition) is 3. The molecule has 0 aliphatic rings. The summed E-state index contributed by atoms with van der Waals surface area (Å²) >= 11 is 23.6. The average Bonchev–Trinajstić information content (AvgIpc) is 2.49. The molecule has 0 heterocycles. The molecular formula is C15H10Br2Cl2N2O2S. The van der Waals surface area contributed by atoms with Crippen LogP contribution in [0.1, 0.15) is 0 Å². The van der Waals surface area contributed by atoms with E-state index < -0.39 is 5.91 Å². The van der Waals surface area contributed by atoms with E-state index >= 15 is 0 Å². The molecule has 4 nitrogen and oxygen atoms in total. The van der Waals surface area contributed by atoms with Crippen molar-refractivity contribution in [2.45, 2.75) is 0 Å². The Kier molecular flexibility index (Phi) is 7.31. The highest BCUT2D eigenvalue weighted by atomic mass is 79.9. The Labute approximate surface area is 171 Å². The van der Waals surface area contributed by atoms with Crippen molar-refractivity contribution in [3.63, 3.8) is 0 Å². The number of hydrogen-bond donors (Lipinski definition) is 2. The molecule has 0 fully saturated rings. The van der Waals surface area contributed by atoms with E-state index in [0.29, 0.717) is 21.5 Å². The summed E-state index contributed by atoms with van der Waals surface area (Å²) in [5.41, 5.74) is 0.544. The van der Waals surface area contributed by atoms with Gasteiger partial charge in [-0.25, -0.2) is 0 Å². The second-order valence-electron chi connectivity index (χ2n) is 4.49. The first-order chi connectivity index (χ1) is 11.3. The lowest BCUT2D eigenvalue weighted by atomic mass is 10.3. The van der Waals surface area contributed by atoms with Gasteiger partial charge in [-0.15, -0.1) is 0 Å². The number of halogens is 4. The number of amides is 1. The molecule has 0 aromatic heterocycles. The van der Waals surface area contributed by atoms with Gasteiger partial charge in [-0.3, -0.25) is 10.1 Å². The SMILES string of the molecule is O=C(COc1ccc(Br)cc1Br)NC(=S)Nc1ccc(Cl)cc1Cl. The van der Waals surface area contributed by atoms with Crippen molar-refractivity contribution >= 4 is 84.0 Å². The summed E-state index contributed by atoms with van der Waals surface area (Å²) in [5.74, 6) is 0.153. The molecule has 0 spiro atoms. The molecule has 9 heteroatoms. The zero-order valence-electron chi connectivity index (χ0n) is 11.9. The molecule has 2 rings (SSSR count). The molecule has 0 aliphatic heterocycles. The third kappa shape index (κ3) is 5.89. The minimum Gasteiger partial charge on any atom is -0.483 e. The van der Waals surface area contributed by atoms with Gasteiger partial charge in [0.15, 0.2) is 11.7 Å². The molecule has 2 N–H and O–H groups in total. The normalized spacial score (nSPS) is 10.2. The van der Waals surface area contributed by atoms with E-state index in [1.807, 2.05) is 12.1 Å². The van der Waals surface area contributed by atoms with Gasteiger partial charge >= 0.3 is 0 Å². The zero-order valence-corrected chi connectivity index (χ0v) is 17.4. The quantitative estimate of drug-likeness (QED) is 0.538. The number of carbonyl (C=O) groups excluding carboxylic acids is 1. The maximum absolute atomic E-state index is 11.9. The number of carbonyl (C=O) groups is 1. The smallest absolute Gasteiger partial charge is 0.264 e. The summed E-state index contributed by atoms with van der Waals surface area (Å²) in [6, 6.07) is 10.3. The third-order valence-electron chi connectivity index (χ3n) is 2.68. The average molecular weight is 513 g/mol. The lowest BCUT2D eigenvalue weighted by Crippen LogP contribution is -2.37. The van der Waals surface area contributed by atoms with E-state index in [9.17, 15) is 4.79 Å². The fraction of sp³-hybridized carbons (Fsp3) is 0.0667. The number of benzene rings is 2. The first-order valence-corrected chi connectivity index (χ1v) is 9.24. The van der Waals surface area contributed by atoms with Crippen LogP contribution in [0.25, 0.3) is 0 Å². The zero-order chi connectivity index (χ0) is 17.7. The minimum absolute atomic E-state index is 0.114. The van der Waals surface area contributed by atoms with Crippen molar-refractivity contribution in [2.75, 3.05) is 11.9 Å². The first kappa shape index (κ1) is 19.5. The molecule has 0 unspecified atom stereocenters. The maximum Gasteiger partial charge on any atom is 0.264 e. The maximum atomic E-state index is 11.9. The largest absolute Gasteiger partial charge is 0.483 e. The van der Waals surface area contributed by atoms with Crippen LogP contribution in [-0.2, 0) is 4.79 Å². The van der Waals surface area contributed by atoms with E-state index in [4.69, 9.17) is 40.2 Å². The second kappa shape index (κ2) is 9.01. The standard InChI is InChI=1S/C15H10Br2Cl2N2O2S/c16-8-1-4-13(10(17)5-8)23-7-14(22)21-15(24)20-12-3-2-9(18)6-11(12)19/h1-6H,7H2,(H2,20,21,22,24). The molecule has 24 heavy (non-hydrogen) atoms. The molecule has 0 bridgehead atoms. The highest BCUT2D eigenvalue weighted by Crippen LogP contribution is 2.28. The summed E-state index contributed by atoms with van der Waals surface area (Å²) in [5, 5.41) is 6.35. The number of rotatable bonds is 4. The Hall–Kier alpha value is -0.860. The number of nitrogens with one attached hydrogen (secondary N) is 2. The molecule has 0 atom stereocenters. The fourth-order valence-electron chi connectivity index (χ4n) is 1.64. The van der Waals surface area contributed by atoms with Gasteiger partial charge < -0.3 is 10.1 Å². The molecule has 0 saturated carbocycles. The monoisotopic (exact) mass is 510 g/mol. The van der Waals surface area contributed by atoms with E-state index in [1.165, 1.54) is 0 Å². The molecule has 1 amide bonds. The predicted molar refractivity (Wildman–Crippen MR) is 108 cm³/mol. The van der Waals surface area contributed by atoms with Crippen LogP contribution in [0.5, 0.6) is 5.75 Å². The van der Waals surface area contributed by atoms with E-state index in [1.54, 1.807) is 24.3 Å². The van der Waals surface area contributed by atoms with E-state index in [0.717, 1.165) is 8.95 Å². The van der Waals surface area contributed by atoms with E-state index in [2.05, 4.69) is 42.5 Å². The van der Waals surface area contributed by atoms with Crippen molar-refractivity contribution in [3.8, 4) is 5.75 Å². The van der Waals surface area contributed by atoms with Crippen LogP contribution in [-0.4, -0.2) is 17.6 Å². The van der Waals surface area contributed by atoms with Crippen LogP contribution in [0.15, 0.2) is 45.3 Å². The van der Waals surface area contributed by atoms with Crippen molar-refractivity contribution in [1.29, 1.82) is 0 Å². The second-order valence-corrected chi connectivity index (χ2v) is 7.51. The van der Waals surface area contributed by atoms with Crippen molar-refractivity contribution in [3.05, 3.63) is 55.4 Å². The van der Waals surface area contributed by atoms with Crippen LogP contribution in [0, 0.1) is 0 Å². The van der Waals surface area contributed by atoms with Crippen LogP contribution >= 0.6 is 67.3 Å². The summed E-state index contributed by atoms with van der Waals surface area (Å²) < 4.78 is 7.07. The Bertz CT molecular complexity index is 790. The van der Waals surface area contributed by atoms with Crippen LogP contribution in [0.4, 0.5) is 5.69 Å². The van der Waals surface area contributed by atoms with Gasteiger partial charge in [-0.2, -0.15) is 0 Å². The summed E-state index contributed by atoms with van der Waals surface area (Å²) in [6.07, 6.45) is 0. The van der Waals surface area contributed by atoms with Gasteiger partial charge in [0.1, 0.15) is 5.75 Å². The number of thiocarbonyl (C=S) groups is 1. The molecule has 0 aliphatic carbocycles. The van der Waals surface area contributed by atoms with Gasteiger partial charge in [0, 0.05) is 9.50 Å². The summed E-state index contributed by atoms with van der Waals surface area (Å²) in [7, 11) is 0. The molecular weight excluding hydrogens is 503 g/mol. The number of ether oxygens (including phenoxy) is 1. The topological polar surface area (TPSA) is 50.4 Å². The van der Waals surface area contributed by atoms with Crippen molar-refractivity contribution < 1.29 is 9.53 Å². The molecule has 126 valence electrons.